The highest BCUT2D eigenvalue weighted by Gasteiger charge is 2.42. The fourth-order valence-corrected chi connectivity index (χ4v) is 2.78. The molecule has 2 heteroatoms. The minimum Gasteiger partial charge on any atom is -0.396 e. The van der Waals surface area contributed by atoms with E-state index in [1.807, 2.05) is 0 Å². The summed E-state index contributed by atoms with van der Waals surface area (Å²) in [7, 11) is 0. The van der Waals surface area contributed by atoms with Crippen LogP contribution in [0.25, 0.3) is 0 Å². The van der Waals surface area contributed by atoms with E-state index in [0.29, 0.717) is 6.61 Å². The zero-order chi connectivity index (χ0) is 10.7. The van der Waals surface area contributed by atoms with Crippen molar-refractivity contribution in [3.05, 3.63) is 0 Å². The molecule has 2 atom stereocenters. The lowest BCUT2D eigenvalue weighted by molar-refractivity contribution is 0.193. The summed E-state index contributed by atoms with van der Waals surface area (Å²) in [5.74, 6) is 0.945. The molecule has 2 saturated carbocycles. The maximum atomic E-state index is 9.24. The van der Waals surface area contributed by atoms with Crippen molar-refractivity contribution < 1.29 is 5.11 Å². The van der Waals surface area contributed by atoms with Crippen molar-refractivity contribution in [3.8, 4) is 0 Å². The summed E-state index contributed by atoms with van der Waals surface area (Å²) >= 11 is 0. The van der Waals surface area contributed by atoms with Crippen LogP contribution in [-0.4, -0.2) is 24.3 Å². The number of nitrogens with one attached hydrogen (secondary N) is 1. The predicted octanol–water partition coefficient (Wildman–Crippen LogP) is 2.32. The molecule has 0 spiro atoms. The zero-order valence-electron chi connectivity index (χ0n) is 9.97. The molecule has 0 heterocycles. The van der Waals surface area contributed by atoms with Gasteiger partial charge < -0.3 is 10.4 Å². The molecular weight excluding hydrogens is 186 g/mol. The van der Waals surface area contributed by atoms with Gasteiger partial charge in [0.2, 0.25) is 0 Å². The van der Waals surface area contributed by atoms with Crippen molar-refractivity contribution in [3.63, 3.8) is 0 Å². The molecule has 0 aromatic rings. The van der Waals surface area contributed by atoms with E-state index < -0.39 is 0 Å². The Balaban J connectivity index is 1.70. The van der Waals surface area contributed by atoms with Gasteiger partial charge in [-0.2, -0.15) is 0 Å². The average molecular weight is 211 g/mol. The Kier molecular flexibility index (Phi) is 3.68. The maximum Gasteiger partial charge on any atom is 0.0499 e. The molecule has 0 aliphatic heterocycles. The lowest BCUT2D eigenvalue weighted by Gasteiger charge is -2.30. The van der Waals surface area contributed by atoms with E-state index in [9.17, 15) is 5.11 Å². The third kappa shape index (κ3) is 2.94. The molecule has 0 bridgehead atoms. The van der Waals surface area contributed by atoms with Crippen LogP contribution in [0.1, 0.15) is 51.9 Å². The molecule has 2 aliphatic rings. The van der Waals surface area contributed by atoms with Crippen LogP contribution in [0.2, 0.25) is 0 Å². The van der Waals surface area contributed by atoms with Crippen LogP contribution < -0.4 is 5.32 Å². The Morgan fingerprint density at radius 2 is 2.13 bits per heavy atom. The Morgan fingerprint density at radius 1 is 1.33 bits per heavy atom. The van der Waals surface area contributed by atoms with Gasteiger partial charge in [-0.3, -0.25) is 0 Å². The molecule has 2 fully saturated rings. The van der Waals surface area contributed by atoms with Gasteiger partial charge in [-0.05, 0) is 31.6 Å². The van der Waals surface area contributed by atoms with E-state index in [1.54, 1.807) is 0 Å². The van der Waals surface area contributed by atoms with E-state index in [0.717, 1.165) is 18.5 Å². The number of aliphatic hydroxyl groups excluding tert-OH is 1. The molecule has 2 N–H and O–H groups in total. The van der Waals surface area contributed by atoms with E-state index >= 15 is 0 Å². The molecule has 2 rings (SSSR count). The summed E-state index contributed by atoms with van der Waals surface area (Å²) in [6.45, 7) is 3.73. The molecular formula is C13H25NO. The van der Waals surface area contributed by atoms with Crippen LogP contribution in [-0.2, 0) is 0 Å². The molecule has 0 saturated heterocycles. The smallest absolute Gasteiger partial charge is 0.0499 e. The van der Waals surface area contributed by atoms with E-state index in [1.165, 1.54) is 44.9 Å². The largest absolute Gasteiger partial charge is 0.396 e. The van der Waals surface area contributed by atoms with Crippen LogP contribution in [0.15, 0.2) is 0 Å². The summed E-state index contributed by atoms with van der Waals surface area (Å²) in [6, 6.07) is 0.729. The summed E-state index contributed by atoms with van der Waals surface area (Å²) in [4.78, 5) is 0. The van der Waals surface area contributed by atoms with E-state index in [4.69, 9.17) is 0 Å². The van der Waals surface area contributed by atoms with Crippen molar-refractivity contribution in [1.82, 2.24) is 5.32 Å². The third-order valence-electron chi connectivity index (χ3n) is 4.42. The molecule has 0 radical (unpaired) electrons. The Bertz CT molecular complexity index is 201. The van der Waals surface area contributed by atoms with Gasteiger partial charge in [-0.15, -0.1) is 0 Å². The van der Waals surface area contributed by atoms with Crippen molar-refractivity contribution in [2.24, 2.45) is 11.3 Å². The Morgan fingerprint density at radius 3 is 2.73 bits per heavy atom. The zero-order valence-corrected chi connectivity index (χ0v) is 9.97. The van der Waals surface area contributed by atoms with Gasteiger partial charge in [-0.1, -0.05) is 26.2 Å². The van der Waals surface area contributed by atoms with Gasteiger partial charge in [-0.25, -0.2) is 0 Å². The molecule has 0 aromatic heterocycles. The molecule has 0 aromatic carbocycles. The second kappa shape index (κ2) is 4.84. The van der Waals surface area contributed by atoms with Crippen molar-refractivity contribution >= 4 is 0 Å². The first kappa shape index (κ1) is 11.4. The van der Waals surface area contributed by atoms with E-state index in [-0.39, 0.29) is 5.41 Å². The second-order valence-electron chi connectivity index (χ2n) is 5.68. The summed E-state index contributed by atoms with van der Waals surface area (Å²) < 4.78 is 0. The Hall–Kier alpha value is -0.0800. The topological polar surface area (TPSA) is 32.3 Å². The molecule has 2 nitrogen and oxygen atoms in total. The van der Waals surface area contributed by atoms with Crippen LogP contribution in [0.5, 0.6) is 0 Å². The molecule has 2 aliphatic carbocycles. The minimum absolute atomic E-state index is 0.277. The first-order valence-electron chi connectivity index (χ1n) is 6.62. The van der Waals surface area contributed by atoms with Gasteiger partial charge >= 0.3 is 0 Å². The number of rotatable bonds is 5. The molecule has 88 valence electrons. The van der Waals surface area contributed by atoms with Crippen LogP contribution in [0, 0.1) is 11.3 Å². The average Bonchev–Trinajstić information content (AvgIpc) is 3.07. The van der Waals surface area contributed by atoms with Crippen molar-refractivity contribution in [2.75, 3.05) is 13.2 Å². The summed E-state index contributed by atoms with van der Waals surface area (Å²) in [5.41, 5.74) is 0.277. The van der Waals surface area contributed by atoms with E-state index in [2.05, 4.69) is 12.2 Å². The number of aliphatic hydroxyl groups is 1. The summed E-state index contributed by atoms with van der Waals surface area (Å²) in [5, 5.41) is 12.9. The SMILES string of the molecule is CCC1CCCC(NCC2(CO)CC2)C1. The molecule has 15 heavy (non-hydrogen) atoms. The highest BCUT2D eigenvalue weighted by atomic mass is 16.3. The standard InChI is InChI=1S/C13H25NO/c1-2-11-4-3-5-12(8-11)14-9-13(10-15)6-7-13/h11-12,14-15H,2-10H2,1H3. The Labute approximate surface area is 93.5 Å². The van der Waals surface area contributed by atoms with Crippen molar-refractivity contribution in [2.45, 2.75) is 57.9 Å². The quantitative estimate of drug-likeness (QED) is 0.731. The minimum atomic E-state index is 0.277. The first-order valence-corrected chi connectivity index (χ1v) is 6.62. The van der Waals surface area contributed by atoms with Gasteiger partial charge in [0.25, 0.3) is 0 Å². The fraction of sp³-hybridized carbons (Fsp3) is 1.00. The predicted molar refractivity (Wildman–Crippen MR) is 62.8 cm³/mol. The van der Waals surface area contributed by atoms with Crippen LogP contribution in [0.3, 0.4) is 0 Å². The first-order chi connectivity index (χ1) is 7.28. The fourth-order valence-electron chi connectivity index (χ4n) is 2.78. The maximum absolute atomic E-state index is 9.24. The number of hydrogen-bond acceptors (Lipinski definition) is 2. The lowest BCUT2D eigenvalue weighted by atomic mass is 9.84. The molecule has 2 unspecified atom stereocenters. The summed E-state index contributed by atoms with van der Waals surface area (Å²) in [6.07, 6.45) is 9.31. The van der Waals surface area contributed by atoms with Gasteiger partial charge in [0.05, 0.1) is 0 Å². The highest BCUT2D eigenvalue weighted by molar-refractivity contribution is 4.95. The molecule has 0 amide bonds. The van der Waals surface area contributed by atoms with Gasteiger partial charge in [0.1, 0.15) is 0 Å². The highest BCUT2D eigenvalue weighted by Crippen LogP contribution is 2.44. The van der Waals surface area contributed by atoms with Crippen molar-refractivity contribution in [1.29, 1.82) is 0 Å². The van der Waals surface area contributed by atoms with Crippen LogP contribution >= 0.6 is 0 Å². The third-order valence-corrected chi connectivity index (χ3v) is 4.42. The van der Waals surface area contributed by atoms with Crippen LogP contribution in [0.4, 0.5) is 0 Å². The lowest BCUT2D eigenvalue weighted by Crippen LogP contribution is -2.38. The number of hydrogen-bond donors (Lipinski definition) is 2. The normalized spacial score (nSPS) is 34.0. The van der Waals surface area contributed by atoms with Gasteiger partial charge in [0, 0.05) is 24.6 Å². The second-order valence-corrected chi connectivity index (χ2v) is 5.68. The monoisotopic (exact) mass is 211 g/mol. The van der Waals surface area contributed by atoms with Gasteiger partial charge in [0.15, 0.2) is 0 Å².